The van der Waals surface area contributed by atoms with Crippen molar-refractivity contribution in [1.82, 2.24) is 9.78 Å². The number of benzene rings is 2. The number of ketones is 1. The van der Waals surface area contributed by atoms with Gasteiger partial charge in [0.2, 0.25) is 0 Å². The third-order valence-electron chi connectivity index (χ3n) is 4.97. The van der Waals surface area contributed by atoms with Crippen molar-refractivity contribution in [3.8, 4) is 0 Å². The zero-order chi connectivity index (χ0) is 24.9. The molecular formula is C27H32N2O5. The number of aliphatic hydroxyl groups is 1. The van der Waals surface area contributed by atoms with Crippen LogP contribution in [0, 0.1) is 13.8 Å². The van der Waals surface area contributed by atoms with Gasteiger partial charge in [0.25, 0.3) is 5.56 Å². The monoisotopic (exact) mass is 464 g/mol. The number of carbonyl (C=O) groups excluding carboxylic acids is 2. The van der Waals surface area contributed by atoms with Crippen molar-refractivity contribution in [1.29, 1.82) is 0 Å². The maximum absolute atomic E-state index is 11.7. The maximum Gasteiger partial charge on any atom is 0.310 e. The molecule has 34 heavy (non-hydrogen) atoms. The summed E-state index contributed by atoms with van der Waals surface area (Å²) in [4.78, 5) is 34.0. The Bertz CT molecular complexity index is 1140. The van der Waals surface area contributed by atoms with Crippen LogP contribution in [0.4, 0.5) is 0 Å². The first kappa shape index (κ1) is 26.7. The average molecular weight is 465 g/mol. The van der Waals surface area contributed by atoms with Crippen LogP contribution in [0.15, 0.2) is 65.5 Å². The molecule has 0 atom stereocenters. The molecule has 0 bridgehead atoms. The summed E-state index contributed by atoms with van der Waals surface area (Å²) >= 11 is 0. The summed E-state index contributed by atoms with van der Waals surface area (Å²) < 4.78 is 6.35. The number of aryl methyl sites for hydroxylation is 3. The van der Waals surface area contributed by atoms with E-state index in [9.17, 15) is 14.4 Å². The van der Waals surface area contributed by atoms with Gasteiger partial charge in [-0.25, -0.2) is 4.68 Å². The minimum atomic E-state index is -0.341. The summed E-state index contributed by atoms with van der Waals surface area (Å²) in [7, 11) is 0. The van der Waals surface area contributed by atoms with Crippen LogP contribution in [0.1, 0.15) is 41.3 Å². The molecule has 7 heteroatoms. The van der Waals surface area contributed by atoms with Gasteiger partial charge in [0.1, 0.15) is 6.61 Å². The lowest BCUT2D eigenvalue weighted by Crippen LogP contribution is -2.23. The molecule has 0 unspecified atom stereocenters. The lowest BCUT2D eigenvalue weighted by atomic mass is 10.1. The molecule has 3 aromatic rings. The van der Waals surface area contributed by atoms with Gasteiger partial charge in [-0.05, 0) is 49.9 Å². The zero-order valence-corrected chi connectivity index (χ0v) is 20.0. The Labute approximate surface area is 200 Å². The van der Waals surface area contributed by atoms with E-state index in [1.54, 1.807) is 13.0 Å². The molecule has 0 radical (unpaired) electrons. The van der Waals surface area contributed by atoms with E-state index in [0.29, 0.717) is 19.6 Å². The van der Waals surface area contributed by atoms with Gasteiger partial charge < -0.3 is 9.84 Å². The van der Waals surface area contributed by atoms with Crippen LogP contribution in [0.25, 0.3) is 0 Å². The molecule has 2 aromatic carbocycles. The summed E-state index contributed by atoms with van der Waals surface area (Å²) in [6.45, 7) is 6.07. The molecule has 0 aliphatic heterocycles. The standard InChI is InChI=1S/C16H18N2O3.C11H14O2/c1-3-21-16(20)10-13-5-4-6-14(9-13)11-18-15(19)8-7-12(2)17-18;1-9-2-4-10(5-3-9)6-7-11(13)8-12/h4-9H,3,10-11H2,1-2H3;2-5,12H,6-8H2,1H3. The Balaban J connectivity index is 0.000000270. The van der Waals surface area contributed by atoms with Gasteiger partial charge in [0.15, 0.2) is 5.78 Å². The van der Waals surface area contributed by atoms with Crippen LogP contribution in [-0.2, 0) is 33.7 Å². The highest BCUT2D eigenvalue weighted by molar-refractivity contribution is 5.79. The largest absolute Gasteiger partial charge is 0.466 e. The number of esters is 1. The first-order valence-electron chi connectivity index (χ1n) is 11.3. The number of ether oxygens (including phenoxy) is 1. The third-order valence-corrected chi connectivity index (χ3v) is 4.97. The van der Waals surface area contributed by atoms with Gasteiger partial charge >= 0.3 is 5.97 Å². The lowest BCUT2D eigenvalue weighted by molar-refractivity contribution is -0.142. The van der Waals surface area contributed by atoms with Crippen LogP contribution in [0.3, 0.4) is 0 Å². The Morgan fingerprint density at radius 1 is 0.971 bits per heavy atom. The van der Waals surface area contributed by atoms with Crippen LogP contribution < -0.4 is 5.56 Å². The highest BCUT2D eigenvalue weighted by Gasteiger charge is 2.06. The predicted octanol–water partition coefficient (Wildman–Crippen LogP) is 3.19. The molecule has 0 aliphatic rings. The number of hydrogen-bond acceptors (Lipinski definition) is 6. The minimum Gasteiger partial charge on any atom is -0.466 e. The Hall–Kier alpha value is -3.58. The van der Waals surface area contributed by atoms with E-state index >= 15 is 0 Å². The number of nitrogens with zero attached hydrogens (tertiary/aromatic N) is 2. The molecule has 180 valence electrons. The molecule has 0 fully saturated rings. The fourth-order valence-corrected chi connectivity index (χ4v) is 3.17. The predicted molar refractivity (Wildman–Crippen MR) is 131 cm³/mol. The third kappa shape index (κ3) is 9.50. The molecule has 0 saturated carbocycles. The number of hydrogen-bond donors (Lipinski definition) is 1. The quantitative estimate of drug-likeness (QED) is 0.489. The number of rotatable bonds is 9. The lowest BCUT2D eigenvalue weighted by Gasteiger charge is -2.07. The number of carbonyl (C=O) groups is 2. The molecule has 0 spiro atoms. The molecule has 1 aromatic heterocycles. The summed E-state index contributed by atoms with van der Waals surface area (Å²) in [6.07, 6.45) is 1.39. The van der Waals surface area contributed by atoms with Gasteiger partial charge in [-0.1, -0.05) is 54.1 Å². The van der Waals surface area contributed by atoms with E-state index < -0.39 is 0 Å². The smallest absolute Gasteiger partial charge is 0.310 e. The number of aliphatic hydroxyl groups excluding tert-OH is 1. The number of aromatic nitrogens is 2. The summed E-state index contributed by atoms with van der Waals surface area (Å²) in [5.74, 6) is -0.346. The van der Waals surface area contributed by atoms with E-state index in [1.165, 1.54) is 16.3 Å². The Kier molecular flexibility index (Phi) is 10.9. The van der Waals surface area contributed by atoms with Gasteiger partial charge in [0.05, 0.1) is 25.3 Å². The van der Waals surface area contributed by atoms with Crippen LogP contribution >= 0.6 is 0 Å². The summed E-state index contributed by atoms with van der Waals surface area (Å²) in [6, 6.07) is 18.8. The van der Waals surface area contributed by atoms with Crippen molar-refractivity contribution in [2.24, 2.45) is 0 Å². The van der Waals surface area contributed by atoms with Crippen molar-refractivity contribution in [2.45, 2.75) is 46.6 Å². The zero-order valence-electron chi connectivity index (χ0n) is 20.0. The van der Waals surface area contributed by atoms with Gasteiger partial charge in [0, 0.05) is 12.5 Å². The molecule has 1 heterocycles. The van der Waals surface area contributed by atoms with Crippen molar-refractivity contribution in [3.63, 3.8) is 0 Å². The SMILES string of the molecule is CCOC(=O)Cc1cccc(Cn2nc(C)ccc2=O)c1.Cc1ccc(CCC(=O)CO)cc1. The fraction of sp³-hybridized carbons (Fsp3) is 0.333. The molecular weight excluding hydrogens is 432 g/mol. The van der Waals surface area contributed by atoms with E-state index in [1.807, 2.05) is 62.4 Å². The molecule has 1 N–H and O–H groups in total. The summed E-state index contributed by atoms with van der Waals surface area (Å²) in [5, 5.41) is 12.7. The van der Waals surface area contributed by atoms with E-state index in [-0.39, 0.29) is 30.3 Å². The van der Waals surface area contributed by atoms with E-state index in [4.69, 9.17) is 9.84 Å². The highest BCUT2D eigenvalue weighted by Crippen LogP contribution is 2.08. The van der Waals surface area contributed by atoms with Gasteiger partial charge in [-0.3, -0.25) is 14.4 Å². The second-order valence-corrected chi connectivity index (χ2v) is 7.95. The second-order valence-electron chi connectivity index (χ2n) is 7.95. The van der Waals surface area contributed by atoms with Crippen LogP contribution in [-0.4, -0.2) is 39.9 Å². The Morgan fingerprint density at radius 3 is 2.35 bits per heavy atom. The van der Waals surface area contributed by atoms with E-state index in [2.05, 4.69) is 5.10 Å². The van der Waals surface area contributed by atoms with Crippen molar-refractivity contribution in [2.75, 3.05) is 13.2 Å². The Morgan fingerprint density at radius 2 is 1.68 bits per heavy atom. The van der Waals surface area contributed by atoms with Crippen molar-refractivity contribution >= 4 is 11.8 Å². The first-order valence-corrected chi connectivity index (χ1v) is 11.3. The normalized spacial score (nSPS) is 10.2. The molecule has 3 rings (SSSR count). The van der Waals surface area contributed by atoms with Crippen molar-refractivity contribution < 1.29 is 19.4 Å². The average Bonchev–Trinajstić information content (AvgIpc) is 2.81. The molecule has 0 amide bonds. The van der Waals surface area contributed by atoms with Crippen molar-refractivity contribution in [3.05, 3.63) is 99.0 Å². The van der Waals surface area contributed by atoms with Crippen LogP contribution in [0.5, 0.6) is 0 Å². The highest BCUT2D eigenvalue weighted by atomic mass is 16.5. The van der Waals surface area contributed by atoms with Gasteiger partial charge in [-0.15, -0.1) is 0 Å². The van der Waals surface area contributed by atoms with E-state index in [0.717, 1.165) is 28.8 Å². The molecule has 0 aliphatic carbocycles. The topological polar surface area (TPSA) is 98.5 Å². The molecule has 0 saturated heterocycles. The molecule has 7 nitrogen and oxygen atoms in total. The van der Waals surface area contributed by atoms with Crippen LogP contribution in [0.2, 0.25) is 0 Å². The first-order chi connectivity index (χ1) is 16.3. The summed E-state index contributed by atoms with van der Waals surface area (Å²) in [5.41, 5.74) is 4.81. The second kappa shape index (κ2) is 13.9. The fourth-order valence-electron chi connectivity index (χ4n) is 3.17. The maximum atomic E-state index is 11.7. The minimum absolute atomic E-state index is 0.0967. The van der Waals surface area contributed by atoms with Gasteiger partial charge in [-0.2, -0.15) is 5.10 Å². The number of Topliss-reactive ketones (excluding diaryl/α,β-unsaturated/α-hetero) is 1.